The number of carbonyl (C=O) groups is 1. The van der Waals surface area contributed by atoms with Crippen LogP contribution in [0.2, 0.25) is 0 Å². The van der Waals surface area contributed by atoms with E-state index in [1.807, 2.05) is 0 Å². The molecule has 1 N–H and O–H groups in total. The molecule has 0 saturated carbocycles. The number of halogens is 2. The average Bonchev–Trinajstić information content (AvgIpc) is 2.72. The third-order valence-electron chi connectivity index (χ3n) is 2.68. The molecule has 1 aliphatic heterocycles. The number of urea groups is 1. The number of nitrogens with zero attached hydrogens (tertiary/aromatic N) is 2. The zero-order valence-electron chi connectivity index (χ0n) is 9.41. The van der Waals surface area contributed by atoms with Gasteiger partial charge in [0, 0.05) is 11.6 Å². The molecular formula is C11H9F2N3O2. The third kappa shape index (κ3) is 1.93. The molecule has 1 unspecified atom stereocenters. The number of amides is 2. The molecule has 0 aliphatic carbocycles. The van der Waals surface area contributed by atoms with E-state index in [0.717, 1.165) is 17.0 Å². The minimum atomic E-state index is -0.752. The van der Waals surface area contributed by atoms with Gasteiger partial charge in [0.2, 0.25) is 0 Å². The van der Waals surface area contributed by atoms with E-state index in [9.17, 15) is 13.6 Å². The van der Waals surface area contributed by atoms with E-state index >= 15 is 0 Å². The summed E-state index contributed by atoms with van der Waals surface area (Å²) in [5, 5.41) is 11.0. The normalized spacial score (nSPS) is 18.4. The Morgan fingerprint density at radius 3 is 2.78 bits per heavy atom. The highest BCUT2D eigenvalue weighted by Gasteiger charge is 2.32. The number of ether oxygens (including phenoxy) is 1. The van der Waals surface area contributed by atoms with Crippen LogP contribution in [0.1, 0.15) is 11.6 Å². The summed E-state index contributed by atoms with van der Waals surface area (Å²) in [5.74, 6) is -1.63. The van der Waals surface area contributed by atoms with Crippen molar-refractivity contribution in [1.29, 1.82) is 5.26 Å². The van der Waals surface area contributed by atoms with Gasteiger partial charge < -0.3 is 10.1 Å². The van der Waals surface area contributed by atoms with Crippen molar-refractivity contribution in [3.05, 3.63) is 29.3 Å². The predicted molar refractivity (Wildman–Crippen MR) is 56.5 cm³/mol. The SMILES string of the molecule is COc1cc(F)c(C2CN(C#N)C(=O)N2)cc1F. The van der Waals surface area contributed by atoms with E-state index in [1.54, 1.807) is 6.19 Å². The first-order valence-corrected chi connectivity index (χ1v) is 5.07. The molecule has 0 radical (unpaired) electrons. The predicted octanol–water partition coefficient (Wildman–Crippen LogP) is 1.52. The van der Waals surface area contributed by atoms with Gasteiger partial charge in [-0.25, -0.2) is 18.5 Å². The van der Waals surface area contributed by atoms with Gasteiger partial charge in [0.05, 0.1) is 19.7 Å². The first-order valence-electron chi connectivity index (χ1n) is 5.07. The fourth-order valence-electron chi connectivity index (χ4n) is 1.77. The van der Waals surface area contributed by atoms with Crippen LogP contribution in [-0.2, 0) is 0 Å². The quantitative estimate of drug-likeness (QED) is 0.813. The number of nitriles is 1. The van der Waals surface area contributed by atoms with Gasteiger partial charge in [0.1, 0.15) is 5.82 Å². The smallest absolute Gasteiger partial charge is 0.331 e. The molecule has 2 rings (SSSR count). The second kappa shape index (κ2) is 4.49. The Labute approximate surface area is 102 Å². The zero-order chi connectivity index (χ0) is 13.3. The maximum absolute atomic E-state index is 13.7. The number of methoxy groups -OCH3 is 1. The van der Waals surface area contributed by atoms with Gasteiger partial charge in [-0.2, -0.15) is 5.26 Å². The zero-order valence-corrected chi connectivity index (χ0v) is 9.41. The summed E-state index contributed by atoms with van der Waals surface area (Å²) >= 11 is 0. The summed E-state index contributed by atoms with van der Waals surface area (Å²) in [6.45, 7) is -0.0297. The van der Waals surface area contributed by atoms with Crippen molar-refractivity contribution in [3.8, 4) is 11.9 Å². The monoisotopic (exact) mass is 253 g/mol. The number of hydrogen-bond donors (Lipinski definition) is 1. The number of rotatable bonds is 2. The lowest BCUT2D eigenvalue weighted by atomic mass is 10.1. The van der Waals surface area contributed by atoms with E-state index in [0.29, 0.717) is 0 Å². The van der Waals surface area contributed by atoms with Crippen molar-refractivity contribution in [3.63, 3.8) is 0 Å². The Hall–Kier alpha value is -2.36. The largest absolute Gasteiger partial charge is 0.494 e. The Morgan fingerprint density at radius 2 is 2.22 bits per heavy atom. The second-order valence-corrected chi connectivity index (χ2v) is 3.72. The van der Waals surface area contributed by atoms with E-state index < -0.39 is 23.7 Å². The molecule has 0 bridgehead atoms. The molecule has 1 aliphatic rings. The molecule has 0 spiro atoms. The van der Waals surface area contributed by atoms with Crippen LogP contribution in [0.25, 0.3) is 0 Å². The molecule has 18 heavy (non-hydrogen) atoms. The number of benzene rings is 1. The highest BCUT2D eigenvalue weighted by Crippen LogP contribution is 2.27. The third-order valence-corrected chi connectivity index (χ3v) is 2.68. The Morgan fingerprint density at radius 1 is 1.50 bits per heavy atom. The molecule has 1 heterocycles. The van der Waals surface area contributed by atoms with Crippen LogP contribution in [0, 0.1) is 23.1 Å². The molecule has 0 aromatic heterocycles. The van der Waals surface area contributed by atoms with Crippen LogP contribution in [0.4, 0.5) is 13.6 Å². The van der Waals surface area contributed by atoms with Crippen LogP contribution >= 0.6 is 0 Å². The standard InChI is InChI=1S/C11H9F2N3O2/c1-18-10-3-7(12)6(2-8(10)13)9-4-16(5-14)11(17)15-9/h2-3,9H,4H2,1H3,(H,15,17). The average molecular weight is 253 g/mol. The van der Waals surface area contributed by atoms with Gasteiger partial charge in [-0.3, -0.25) is 0 Å². The van der Waals surface area contributed by atoms with Crippen LogP contribution < -0.4 is 10.1 Å². The maximum Gasteiger partial charge on any atom is 0.331 e. The summed E-state index contributed by atoms with van der Waals surface area (Å²) in [6.07, 6.45) is 1.65. The van der Waals surface area contributed by atoms with Gasteiger partial charge >= 0.3 is 6.03 Å². The van der Waals surface area contributed by atoms with Gasteiger partial charge in [-0.15, -0.1) is 0 Å². The van der Waals surface area contributed by atoms with Crippen LogP contribution in [0.5, 0.6) is 5.75 Å². The van der Waals surface area contributed by atoms with Gasteiger partial charge in [-0.1, -0.05) is 0 Å². The molecule has 1 fully saturated rings. The fraction of sp³-hybridized carbons (Fsp3) is 0.273. The number of nitrogens with one attached hydrogen (secondary N) is 1. The number of carbonyl (C=O) groups excluding carboxylic acids is 1. The van der Waals surface area contributed by atoms with Crippen LogP contribution in [0.15, 0.2) is 12.1 Å². The van der Waals surface area contributed by atoms with Crippen molar-refractivity contribution in [1.82, 2.24) is 10.2 Å². The van der Waals surface area contributed by atoms with E-state index in [2.05, 4.69) is 10.1 Å². The fourth-order valence-corrected chi connectivity index (χ4v) is 1.77. The van der Waals surface area contributed by atoms with Gasteiger partial charge in [0.25, 0.3) is 0 Å². The second-order valence-electron chi connectivity index (χ2n) is 3.72. The van der Waals surface area contributed by atoms with E-state index in [-0.39, 0.29) is 17.9 Å². The lowest BCUT2D eigenvalue weighted by Gasteiger charge is -2.12. The van der Waals surface area contributed by atoms with Crippen molar-refractivity contribution in [2.24, 2.45) is 0 Å². The lowest BCUT2D eigenvalue weighted by Crippen LogP contribution is -2.23. The summed E-state index contributed by atoms with van der Waals surface area (Å²) in [7, 11) is 1.23. The summed E-state index contributed by atoms with van der Waals surface area (Å²) in [4.78, 5) is 12.1. The Balaban J connectivity index is 2.33. The minimum Gasteiger partial charge on any atom is -0.494 e. The first kappa shape index (κ1) is 12.1. The van der Waals surface area contributed by atoms with Crippen LogP contribution in [-0.4, -0.2) is 24.6 Å². The Bertz CT molecular complexity index is 542. The molecule has 1 aromatic rings. The summed E-state index contributed by atoms with van der Waals surface area (Å²) in [6, 6.07) is 0.488. The maximum atomic E-state index is 13.7. The molecule has 94 valence electrons. The van der Waals surface area contributed by atoms with Gasteiger partial charge in [0.15, 0.2) is 17.8 Å². The lowest BCUT2D eigenvalue weighted by molar-refractivity contribution is 0.232. The van der Waals surface area contributed by atoms with E-state index in [1.165, 1.54) is 7.11 Å². The molecular weight excluding hydrogens is 244 g/mol. The van der Waals surface area contributed by atoms with Crippen molar-refractivity contribution < 1.29 is 18.3 Å². The van der Waals surface area contributed by atoms with E-state index in [4.69, 9.17) is 5.26 Å². The summed E-state index contributed by atoms with van der Waals surface area (Å²) in [5.41, 5.74) is -0.0144. The van der Waals surface area contributed by atoms with Crippen molar-refractivity contribution in [2.75, 3.05) is 13.7 Å². The molecule has 5 nitrogen and oxygen atoms in total. The molecule has 1 aromatic carbocycles. The molecule has 2 amide bonds. The van der Waals surface area contributed by atoms with Crippen molar-refractivity contribution in [2.45, 2.75) is 6.04 Å². The van der Waals surface area contributed by atoms with Crippen molar-refractivity contribution >= 4 is 6.03 Å². The van der Waals surface area contributed by atoms with Crippen LogP contribution in [0.3, 0.4) is 0 Å². The minimum absolute atomic E-state index is 0.0144. The Kier molecular flexibility index (Phi) is 3.02. The first-order chi connectivity index (χ1) is 8.56. The molecule has 1 saturated heterocycles. The summed E-state index contributed by atoms with van der Waals surface area (Å²) < 4.78 is 31.8. The topological polar surface area (TPSA) is 65.4 Å². The molecule has 1 atom stereocenters. The highest BCUT2D eigenvalue weighted by atomic mass is 19.1. The van der Waals surface area contributed by atoms with Gasteiger partial charge in [-0.05, 0) is 6.07 Å². The molecule has 7 heteroatoms. The highest BCUT2D eigenvalue weighted by molar-refractivity contribution is 5.78. The number of hydrogen-bond acceptors (Lipinski definition) is 3.